The smallest absolute Gasteiger partial charge is 0.306 e. The van der Waals surface area contributed by atoms with Gasteiger partial charge < -0.3 is 15.6 Å². The molecule has 4 nitrogen and oxygen atoms in total. The zero-order valence-corrected chi connectivity index (χ0v) is 8.99. The SMILES string of the molecule is CC(C)(C)OC(=O)CC1C(N)CC1O. The summed E-state index contributed by atoms with van der Waals surface area (Å²) in [5, 5.41) is 9.34. The first kappa shape index (κ1) is 11.5. The number of rotatable bonds is 2. The molecule has 0 heterocycles. The van der Waals surface area contributed by atoms with Gasteiger partial charge in [0, 0.05) is 12.0 Å². The van der Waals surface area contributed by atoms with E-state index >= 15 is 0 Å². The average Bonchev–Trinajstić information content (AvgIpc) is 1.98. The number of ether oxygens (including phenoxy) is 1. The zero-order chi connectivity index (χ0) is 10.9. The van der Waals surface area contributed by atoms with E-state index in [-0.39, 0.29) is 24.3 Å². The predicted molar refractivity (Wildman–Crippen MR) is 52.6 cm³/mol. The van der Waals surface area contributed by atoms with Gasteiger partial charge in [0.05, 0.1) is 12.5 Å². The molecule has 4 heteroatoms. The van der Waals surface area contributed by atoms with Gasteiger partial charge in [-0.1, -0.05) is 0 Å². The highest BCUT2D eigenvalue weighted by Crippen LogP contribution is 2.30. The number of aliphatic hydroxyl groups excluding tert-OH is 1. The Morgan fingerprint density at radius 1 is 1.57 bits per heavy atom. The number of hydrogen-bond acceptors (Lipinski definition) is 4. The largest absolute Gasteiger partial charge is 0.460 e. The molecule has 82 valence electrons. The van der Waals surface area contributed by atoms with Crippen LogP contribution in [-0.2, 0) is 9.53 Å². The van der Waals surface area contributed by atoms with Gasteiger partial charge in [-0.15, -0.1) is 0 Å². The summed E-state index contributed by atoms with van der Waals surface area (Å²) in [4.78, 5) is 11.4. The molecule has 1 rings (SSSR count). The quantitative estimate of drug-likeness (QED) is 0.635. The van der Waals surface area contributed by atoms with E-state index in [0.717, 1.165) is 0 Å². The van der Waals surface area contributed by atoms with E-state index in [1.165, 1.54) is 0 Å². The molecule has 3 N–H and O–H groups in total. The minimum atomic E-state index is -0.462. The minimum absolute atomic E-state index is 0.0579. The van der Waals surface area contributed by atoms with Crippen LogP contribution in [0.1, 0.15) is 33.6 Å². The lowest BCUT2D eigenvalue weighted by atomic mass is 9.75. The van der Waals surface area contributed by atoms with Gasteiger partial charge >= 0.3 is 5.97 Å². The summed E-state index contributed by atoms with van der Waals surface area (Å²) in [5.74, 6) is -0.401. The Kier molecular flexibility index (Phi) is 3.17. The fourth-order valence-corrected chi connectivity index (χ4v) is 1.58. The predicted octanol–water partition coefficient (Wildman–Crippen LogP) is 0.426. The third-order valence-electron chi connectivity index (χ3n) is 2.38. The molecule has 1 fully saturated rings. The Balaban J connectivity index is 2.34. The zero-order valence-electron chi connectivity index (χ0n) is 8.99. The van der Waals surface area contributed by atoms with Crippen molar-refractivity contribution in [2.24, 2.45) is 11.7 Å². The molecule has 0 spiro atoms. The first-order valence-corrected chi connectivity index (χ1v) is 4.95. The highest BCUT2D eigenvalue weighted by Gasteiger charge is 2.39. The summed E-state index contributed by atoms with van der Waals surface area (Å²) in [6.45, 7) is 5.46. The second kappa shape index (κ2) is 3.87. The van der Waals surface area contributed by atoms with Gasteiger partial charge in [-0.2, -0.15) is 0 Å². The maximum Gasteiger partial charge on any atom is 0.306 e. The van der Waals surface area contributed by atoms with Crippen LogP contribution < -0.4 is 5.73 Å². The van der Waals surface area contributed by atoms with Crippen molar-refractivity contribution < 1.29 is 14.6 Å². The second-order valence-electron chi connectivity index (χ2n) is 4.92. The summed E-state index contributed by atoms with van der Waals surface area (Å²) in [7, 11) is 0. The fraction of sp³-hybridized carbons (Fsp3) is 0.900. The molecule has 0 saturated heterocycles. The van der Waals surface area contributed by atoms with Crippen molar-refractivity contribution in [2.75, 3.05) is 0 Å². The van der Waals surface area contributed by atoms with Crippen LogP contribution in [0.15, 0.2) is 0 Å². The van der Waals surface area contributed by atoms with Crippen molar-refractivity contribution in [3.8, 4) is 0 Å². The van der Waals surface area contributed by atoms with Gasteiger partial charge in [0.15, 0.2) is 0 Å². The number of esters is 1. The highest BCUT2D eigenvalue weighted by atomic mass is 16.6. The first-order valence-electron chi connectivity index (χ1n) is 4.95. The Morgan fingerprint density at radius 2 is 2.14 bits per heavy atom. The van der Waals surface area contributed by atoms with Crippen LogP contribution in [0.5, 0.6) is 0 Å². The molecule has 1 saturated carbocycles. The molecule has 0 amide bonds. The fourth-order valence-electron chi connectivity index (χ4n) is 1.58. The van der Waals surface area contributed by atoms with Crippen molar-refractivity contribution in [3.63, 3.8) is 0 Å². The lowest BCUT2D eigenvalue weighted by Gasteiger charge is -2.39. The van der Waals surface area contributed by atoms with Gasteiger partial charge in [-0.05, 0) is 27.2 Å². The lowest BCUT2D eigenvalue weighted by molar-refractivity contribution is -0.159. The minimum Gasteiger partial charge on any atom is -0.460 e. The summed E-state index contributed by atoms with van der Waals surface area (Å²) >= 11 is 0. The average molecular weight is 201 g/mol. The van der Waals surface area contributed by atoms with Crippen LogP contribution in [0.4, 0.5) is 0 Å². The van der Waals surface area contributed by atoms with Crippen LogP contribution >= 0.6 is 0 Å². The molecule has 0 aliphatic heterocycles. The van der Waals surface area contributed by atoms with Crippen molar-refractivity contribution in [1.82, 2.24) is 0 Å². The number of aliphatic hydroxyl groups is 1. The van der Waals surface area contributed by atoms with Gasteiger partial charge in [0.25, 0.3) is 0 Å². The summed E-state index contributed by atoms with van der Waals surface area (Å²) in [5.41, 5.74) is 5.19. The van der Waals surface area contributed by atoms with Crippen molar-refractivity contribution >= 4 is 5.97 Å². The molecule has 0 bridgehead atoms. The number of hydrogen-bond donors (Lipinski definition) is 2. The van der Waals surface area contributed by atoms with Crippen LogP contribution in [0.2, 0.25) is 0 Å². The molecule has 0 aromatic carbocycles. The van der Waals surface area contributed by atoms with Gasteiger partial charge in [-0.3, -0.25) is 4.79 Å². The van der Waals surface area contributed by atoms with Gasteiger partial charge in [-0.25, -0.2) is 0 Å². The first-order chi connectivity index (χ1) is 6.29. The number of carbonyl (C=O) groups excluding carboxylic acids is 1. The summed E-state index contributed by atoms with van der Waals surface area (Å²) in [6.07, 6.45) is 0.380. The van der Waals surface area contributed by atoms with E-state index in [1.54, 1.807) is 0 Å². The van der Waals surface area contributed by atoms with Crippen molar-refractivity contribution in [2.45, 2.75) is 51.4 Å². The van der Waals surface area contributed by atoms with Crippen LogP contribution in [-0.4, -0.2) is 28.8 Å². The normalized spacial score (nSPS) is 32.2. The topological polar surface area (TPSA) is 72.5 Å². The van der Waals surface area contributed by atoms with E-state index in [0.29, 0.717) is 6.42 Å². The monoisotopic (exact) mass is 201 g/mol. The molecule has 1 aliphatic rings. The van der Waals surface area contributed by atoms with Crippen molar-refractivity contribution in [1.29, 1.82) is 0 Å². The molecule has 3 unspecified atom stereocenters. The summed E-state index contributed by atoms with van der Waals surface area (Å²) < 4.78 is 5.14. The molecule has 14 heavy (non-hydrogen) atoms. The molecular weight excluding hydrogens is 182 g/mol. The van der Waals surface area contributed by atoms with E-state index in [1.807, 2.05) is 20.8 Å². The Hall–Kier alpha value is -0.610. The van der Waals surface area contributed by atoms with Gasteiger partial charge in [0.2, 0.25) is 0 Å². The van der Waals surface area contributed by atoms with E-state index in [9.17, 15) is 9.90 Å². The molecule has 3 atom stereocenters. The molecule has 0 aromatic rings. The van der Waals surface area contributed by atoms with Crippen LogP contribution in [0.3, 0.4) is 0 Å². The lowest BCUT2D eigenvalue weighted by Crippen LogP contribution is -2.52. The molecule has 0 radical (unpaired) electrons. The van der Waals surface area contributed by atoms with E-state index in [2.05, 4.69) is 0 Å². The maximum absolute atomic E-state index is 11.4. The molecule has 1 aliphatic carbocycles. The Bertz CT molecular complexity index is 214. The number of carbonyl (C=O) groups is 1. The summed E-state index contributed by atoms with van der Waals surface area (Å²) in [6, 6.07) is -0.0579. The van der Waals surface area contributed by atoms with Gasteiger partial charge in [0.1, 0.15) is 5.60 Å². The van der Waals surface area contributed by atoms with E-state index < -0.39 is 11.7 Å². The maximum atomic E-state index is 11.4. The third kappa shape index (κ3) is 2.96. The second-order valence-corrected chi connectivity index (χ2v) is 4.92. The van der Waals surface area contributed by atoms with E-state index in [4.69, 9.17) is 10.5 Å². The standard InChI is InChI=1S/C10H19NO3/c1-10(2,3)14-9(13)4-6-7(11)5-8(6)12/h6-8,12H,4-5,11H2,1-3H3. The third-order valence-corrected chi connectivity index (χ3v) is 2.38. The van der Waals surface area contributed by atoms with Crippen LogP contribution in [0, 0.1) is 5.92 Å². The highest BCUT2D eigenvalue weighted by molar-refractivity contribution is 5.70. The number of nitrogens with two attached hydrogens (primary N) is 1. The Morgan fingerprint density at radius 3 is 2.50 bits per heavy atom. The molecular formula is C10H19NO3. The molecule has 0 aromatic heterocycles. The van der Waals surface area contributed by atoms with Crippen molar-refractivity contribution in [3.05, 3.63) is 0 Å². The Labute approximate surface area is 84.4 Å². The van der Waals surface area contributed by atoms with Crippen LogP contribution in [0.25, 0.3) is 0 Å².